The van der Waals surface area contributed by atoms with Gasteiger partial charge in [-0.15, -0.1) is 0 Å². The maximum atomic E-state index is 13.2. The van der Waals surface area contributed by atoms with Crippen LogP contribution in [0.1, 0.15) is 23.4 Å². The summed E-state index contributed by atoms with van der Waals surface area (Å²) in [5.74, 6) is 0. The summed E-state index contributed by atoms with van der Waals surface area (Å²) >= 11 is 0. The minimum absolute atomic E-state index is 0.00436. The molecule has 0 unspecified atom stereocenters. The lowest BCUT2D eigenvalue weighted by atomic mass is 10.2. The van der Waals surface area contributed by atoms with Crippen molar-refractivity contribution < 1.29 is 30.0 Å². The van der Waals surface area contributed by atoms with Gasteiger partial charge in [-0.2, -0.15) is 26.9 Å². The van der Waals surface area contributed by atoms with Gasteiger partial charge >= 0.3 is 6.18 Å². The minimum Gasteiger partial charge on any atom is -0.271 e. The average molecular weight is 481 g/mol. The van der Waals surface area contributed by atoms with Gasteiger partial charge in [-0.25, -0.2) is 16.8 Å². The Hall–Kier alpha value is -1.96. The molecule has 13 heteroatoms. The van der Waals surface area contributed by atoms with E-state index < -0.39 is 36.7 Å². The first-order valence-electron chi connectivity index (χ1n) is 9.44. The molecule has 0 saturated carbocycles. The number of hydrogen-bond donors (Lipinski definition) is 0. The van der Waals surface area contributed by atoms with E-state index in [0.717, 1.165) is 22.5 Å². The third-order valence-corrected chi connectivity index (χ3v) is 9.30. The zero-order valence-electron chi connectivity index (χ0n) is 17.2. The van der Waals surface area contributed by atoms with Gasteiger partial charge < -0.3 is 0 Å². The standard InChI is InChI=1S/C18H23F3N4O4S2/c1-13-17(14(2)23(3)22-13)31(28,29)25-9-5-8-24(10-11-25)30(26,27)16-7-4-6-15(12-16)18(19,20)21/h4,6-7,12H,5,8-11H2,1-3H3. The van der Waals surface area contributed by atoms with Crippen LogP contribution in [0.25, 0.3) is 0 Å². The summed E-state index contributed by atoms with van der Waals surface area (Å²) < 4.78 is 94.8. The molecule has 0 aliphatic carbocycles. The predicted molar refractivity (Wildman–Crippen MR) is 106 cm³/mol. The number of sulfonamides is 2. The SMILES string of the molecule is Cc1nn(C)c(C)c1S(=O)(=O)N1CCCN(S(=O)(=O)c2cccc(C(F)(F)F)c2)CC1. The first-order chi connectivity index (χ1) is 14.3. The molecule has 2 aromatic rings. The molecule has 1 aromatic carbocycles. The molecule has 8 nitrogen and oxygen atoms in total. The quantitative estimate of drug-likeness (QED) is 0.669. The molecule has 172 valence electrons. The summed E-state index contributed by atoms with van der Waals surface area (Å²) in [5, 5.41) is 4.13. The Morgan fingerprint density at radius 2 is 1.52 bits per heavy atom. The first kappa shape index (κ1) is 23.7. The third-order valence-electron chi connectivity index (χ3n) is 5.25. The van der Waals surface area contributed by atoms with Crippen LogP contribution >= 0.6 is 0 Å². The van der Waals surface area contributed by atoms with Gasteiger partial charge in [0.25, 0.3) is 0 Å². The molecule has 1 aliphatic rings. The Kier molecular flexibility index (Phi) is 6.26. The van der Waals surface area contributed by atoms with Gasteiger partial charge in [0.05, 0.1) is 21.8 Å². The number of aryl methyl sites for hydroxylation is 2. The van der Waals surface area contributed by atoms with E-state index in [0.29, 0.717) is 17.5 Å². The summed E-state index contributed by atoms with van der Waals surface area (Å²) in [6.45, 7) is 3.02. The van der Waals surface area contributed by atoms with Crippen molar-refractivity contribution in [2.24, 2.45) is 7.05 Å². The fourth-order valence-electron chi connectivity index (χ4n) is 3.59. The summed E-state index contributed by atoms with van der Waals surface area (Å²) in [4.78, 5) is -0.387. The van der Waals surface area contributed by atoms with Crippen molar-refractivity contribution >= 4 is 20.0 Å². The molecule has 1 fully saturated rings. The van der Waals surface area contributed by atoms with Crippen LogP contribution in [0, 0.1) is 13.8 Å². The van der Waals surface area contributed by atoms with Gasteiger partial charge in [-0.1, -0.05) is 6.07 Å². The van der Waals surface area contributed by atoms with Crippen LogP contribution in [-0.4, -0.2) is 61.4 Å². The molecule has 3 rings (SSSR count). The van der Waals surface area contributed by atoms with Gasteiger partial charge in [-0.3, -0.25) is 4.68 Å². The summed E-state index contributed by atoms with van der Waals surface area (Å²) in [7, 11) is -6.49. The van der Waals surface area contributed by atoms with Crippen LogP contribution in [0.15, 0.2) is 34.1 Å². The van der Waals surface area contributed by atoms with Crippen molar-refractivity contribution in [1.29, 1.82) is 0 Å². The van der Waals surface area contributed by atoms with Crippen LogP contribution in [0.4, 0.5) is 13.2 Å². The number of alkyl halides is 3. The Labute approximate surface area is 179 Å². The third kappa shape index (κ3) is 4.49. The van der Waals surface area contributed by atoms with Crippen LogP contribution in [0.3, 0.4) is 0 Å². The zero-order chi connectivity index (χ0) is 23.2. The highest BCUT2D eigenvalue weighted by molar-refractivity contribution is 7.89. The van der Waals surface area contributed by atoms with E-state index in [4.69, 9.17) is 0 Å². The van der Waals surface area contributed by atoms with E-state index in [1.165, 1.54) is 8.99 Å². The Bertz CT molecular complexity index is 1190. The van der Waals surface area contributed by atoms with Gasteiger partial charge in [0.2, 0.25) is 20.0 Å². The molecule has 0 N–H and O–H groups in total. The van der Waals surface area contributed by atoms with E-state index in [1.54, 1.807) is 20.9 Å². The Balaban J connectivity index is 1.86. The first-order valence-corrected chi connectivity index (χ1v) is 12.3. The van der Waals surface area contributed by atoms with Crippen LogP contribution in [-0.2, 0) is 33.3 Å². The second-order valence-corrected chi connectivity index (χ2v) is 11.1. The Morgan fingerprint density at radius 3 is 2.03 bits per heavy atom. The highest BCUT2D eigenvalue weighted by Crippen LogP contribution is 2.31. The van der Waals surface area contributed by atoms with Gasteiger partial charge in [0, 0.05) is 33.2 Å². The minimum atomic E-state index is -4.67. The van der Waals surface area contributed by atoms with E-state index >= 15 is 0 Å². The van der Waals surface area contributed by atoms with E-state index in [9.17, 15) is 30.0 Å². The van der Waals surface area contributed by atoms with E-state index in [-0.39, 0.29) is 37.5 Å². The number of aromatic nitrogens is 2. The summed E-state index contributed by atoms with van der Waals surface area (Å²) in [6, 6.07) is 3.54. The molecule has 2 heterocycles. The number of halogens is 3. The van der Waals surface area contributed by atoms with Crippen molar-refractivity contribution in [2.45, 2.75) is 36.2 Å². The molecular formula is C18H23F3N4O4S2. The monoisotopic (exact) mass is 480 g/mol. The highest BCUT2D eigenvalue weighted by Gasteiger charge is 2.36. The van der Waals surface area contributed by atoms with Crippen molar-refractivity contribution in [3.8, 4) is 0 Å². The molecule has 0 spiro atoms. The maximum absolute atomic E-state index is 13.2. The Morgan fingerprint density at radius 1 is 0.935 bits per heavy atom. The molecule has 0 atom stereocenters. The van der Waals surface area contributed by atoms with Crippen molar-refractivity contribution in [2.75, 3.05) is 26.2 Å². The second kappa shape index (κ2) is 8.19. The highest BCUT2D eigenvalue weighted by atomic mass is 32.2. The normalized spacial score (nSPS) is 17.6. The lowest BCUT2D eigenvalue weighted by Gasteiger charge is -2.22. The van der Waals surface area contributed by atoms with Gasteiger partial charge in [-0.05, 0) is 38.5 Å². The molecule has 0 bridgehead atoms. The fraction of sp³-hybridized carbons (Fsp3) is 0.500. The molecule has 1 saturated heterocycles. The summed E-state index contributed by atoms with van der Waals surface area (Å²) in [6.07, 6.45) is -4.47. The number of rotatable bonds is 4. The van der Waals surface area contributed by atoms with E-state index in [2.05, 4.69) is 5.10 Å². The topological polar surface area (TPSA) is 92.6 Å². The van der Waals surface area contributed by atoms with Gasteiger partial charge in [0.1, 0.15) is 4.90 Å². The van der Waals surface area contributed by atoms with Crippen molar-refractivity contribution in [1.82, 2.24) is 18.4 Å². The van der Waals surface area contributed by atoms with E-state index in [1.807, 2.05) is 0 Å². The lowest BCUT2D eigenvalue weighted by molar-refractivity contribution is -0.137. The molecular weight excluding hydrogens is 457 g/mol. The van der Waals surface area contributed by atoms with Crippen LogP contribution < -0.4 is 0 Å². The second-order valence-electron chi connectivity index (χ2n) is 7.31. The number of nitrogens with zero attached hydrogens (tertiary/aromatic N) is 4. The number of hydrogen-bond acceptors (Lipinski definition) is 5. The van der Waals surface area contributed by atoms with Crippen LogP contribution in [0.5, 0.6) is 0 Å². The molecule has 1 aromatic heterocycles. The fourth-order valence-corrected chi connectivity index (χ4v) is 6.97. The lowest BCUT2D eigenvalue weighted by Crippen LogP contribution is -2.37. The smallest absolute Gasteiger partial charge is 0.271 e. The maximum Gasteiger partial charge on any atom is 0.416 e. The molecule has 0 amide bonds. The molecule has 31 heavy (non-hydrogen) atoms. The predicted octanol–water partition coefficient (Wildman–Crippen LogP) is 2.14. The largest absolute Gasteiger partial charge is 0.416 e. The van der Waals surface area contributed by atoms with Crippen molar-refractivity contribution in [3.63, 3.8) is 0 Å². The average Bonchev–Trinajstić information content (AvgIpc) is 2.86. The number of benzene rings is 1. The van der Waals surface area contributed by atoms with Gasteiger partial charge in [0.15, 0.2) is 0 Å². The zero-order valence-corrected chi connectivity index (χ0v) is 18.9. The van der Waals surface area contributed by atoms with Crippen LogP contribution in [0.2, 0.25) is 0 Å². The summed E-state index contributed by atoms with van der Waals surface area (Å²) in [5.41, 5.74) is -0.247. The molecule has 0 radical (unpaired) electrons. The van der Waals surface area contributed by atoms with Crippen molar-refractivity contribution in [3.05, 3.63) is 41.2 Å². The molecule has 1 aliphatic heterocycles.